The van der Waals surface area contributed by atoms with Gasteiger partial charge in [0.15, 0.2) is 0 Å². The zero-order valence-corrected chi connectivity index (χ0v) is 12.4. The number of nitrogens with zero attached hydrogens (tertiary/aromatic N) is 1. The van der Waals surface area contributed by atoms with Gasteiger partial charge in [0.2, 0.25) is 0 Å². The molecule has 2 fully saturated rings. The molecule has 1 aromatic heterocycles. The summed E-state index contributed by atoms with van der Waals surface area (Å²) in [6, 6.07) is 0.805. The lowest BCUT2D eigenvalue weighted by atomic mass is 9.94. The monoisotopic (exact) mass is 336 g/mol. The van der Waals surface area contributed by atoms with Crippen molar-refractivity contribution in [3.05, 3.63) is 23.5 Å². The average Bonchev–Trinajstić information content (AvgIpc) is 2.38. The Kier molecular flexibility index (Phi) is 4.11. The Morgan fingerprint density at radius 3 is 2.73 bits per heavy atom. The van der Waals surface area contributed by atoms with Crippen LogP contribution >= 0.6 is 11.8 Å². The molecule has 122 valence electrons. The molecule has 0 radical (unpaired) electrons. The Balaban J connectivity index is 1.74. The Bertz CT molecular complexity index is 572. The minimum Gasteiger partial charge on any atom is -0.388 e. The molecule has 5 unspecified atom stereocenters. The molecule has 0 aromatic carbocycles. The van der Waals surface area contributed by atoms with E-state index in [-0.39, 0.29) is 17.8 Å². The molecule has 0 amide bonds. The van der Waals surface area contributed by atoms with Crippen LogP contribution in [0.25, 0.3) is 0 Å². The van der Waals surface area contributed by atoms with Crippen LogP contribution in [-0.4, -0.2) is 46.5 Å². The molecule has 1 aromatic rings. The first-order valence-corrected chi connectivity index (χ1v) is 7.56. The van der Waals surface area contributed by atoms with Crippen molar-refractivity contribution in [2.24, 2.45) is 5.73 Å². The highest BCUT2D eigenvalue weighted by atomic mass is 32.2. The van der Waals surface area contributed by atoms with Gasteiger partial charge >= 0.3 is 6.18 Å². The molecule has 0 spiro atoms. The van der Waals surface area contributed by atoms with Crippen molar-refractivity contribution >= 4 is 11.8 Å². The zero-order chi connectivity index (χ0) is 16.1. The molecule has 2 aliphatic heterocycles. The number of pyridine rings is 1. The second-order valence-corrected chi connectivity index (χ2v) is 6.53. The number of alkyl halides is 3. The molecule has 3 heterocycles. The van der Waals surface area contributed by atoms with Gasteiger partial charge in [0.25, 0.3) is 0 Å². The number of aromatic nitrogens is 1. The van der Waals surface area contributed by atoms with Crippen molar-refractivity contribution in [1.82, 2.24) is 4.98 Å². The predicted molar refractivity (Wildman–Crippen MR) is 72.2 cm³/mol. The van der Waals surface area contributed by atoms with Gasteiger partial charge in [0.05, 0.1) is 12.6 Å². The summed E-state index contributed by atoms with van der Waals surface area (Å²) >= 11 is 1.11. The van der Waals surface area contributed by atoms with Crippen LogP contribution in [0.1, 0.15) is 11.3 Å². The van der Waals surface area contributed by atoms with E-state index in [1.54, 1.807) is 0 Å². The highest BCUT2D eigenvalue weighted by Crippen LogP contribution is 2.38. The second kappa shape index (κ2) is 5.64. The molecule has 22 heavy (non-hydrogen) atoms. The standard InChI is InChI=1S/C13H15F3N2O3S/c1-5-2-6(3-18-11(5)13(14,15)16)22-12-9(19)8(17)10-7(21-12)4-20-10/h2-3,7-10,12,19H,4,17H2,1H3. The summed E-state index contributed by atoms with van der Waals surface area (Å²) in [7, 11) is 0. The van der Waals surface area contributed by atoms with E-state index in [2.05, 4.69) is 4.98 Å². The number of aliphatic hydroxyl groups excluding tert-OH is 1. The van der Waals surface area contributed by atoms with Crippen LogP contribution in [0.5, 0.6) is 0 Å². The van der Waals surface area contributed by atoms with Gasteiger partial charge < -0.3 is 20.3 Å². The highest BCUT2D eigenvalue weighted by Gasteiger charge is 2.49. The van der Waals surface area contributed by atoms with Gasteiger partial charge in [-0.15, -0.1) is 0 Å². The van der Waals surface area contributed by atoms with Crippen molar-refractivity contribution in [2.75, 3.05) is 6.61 Å². The van der Waals surface area contributed by atoms with Crippen molar-refractivity contribution in [1.29, 1.82) is 0 Å². The van der Waals surface area contributed by atoms with Crippen molar-refractivity contribution in [2.45, 2.75) is 47.8 Å². The minimum atomic E-state index is -4.48. The fourth-order valence-corrected chi connectivity index (χ4v) is 3.68. The molecule has 2 aliphatic rings. The van der Waals surface area contributed by atoms with E-state index in [1.165, 1.54) is 13.0 Å². The maximum Gasteiger partial charge on any atom is 0.433 e. The summed E-state index contributed by atoms with van der Waals surface area (Å²) in [4.78, 5) is 3.95. The number of hydrogen-bond donors (Lipinski definition) is 2. The normalized spacial score (nSPS) is 34.9. The zero-order valence-electron chi connectivity index (χ0n) is 11.6. The molecule has 5 nitrogen and oxygen atoms in total. The van der Waals surface area contributed by atoms with Crippen LogP contribution in [-0.2, 0) is 15.7 Å². The van der Waals surface area contributed by atoms with E-state index in [9.17, 15) is 18.3 Å². The van der Waals surface area contributed by atoms with E-state index in [0.717, 1.165) is 18.0 Å². The smallest absolute Gasteiger partial charge is 0.388 e. The highest BCUT2D eigenvalue weighted by molar-refractivity contribution is 7.99. The summed E-state index contributed by atoms with van der Waals surface area (Å²) in [6.45, 7) is 1.76. The number of aliphatic hydroxyl groups is 1. The van der Waals surface area contributed by atoms with Gasteiger partial charge in [0.1, 0.15) is 29.4 Å². The van der Waals surface area contributed by atoms with Crippen LogP contribution in [0.4, 0.5) is 13.2 Å². The maximum absolute atomic E-state index is 12.7. The SMILES string of the molecule is Cc1cc(SC2OC3COC3C(N)C2O)cnc1C(F)(F)F. The third-order valence-electron chi connectivity index (χ3n) is 3.75. The Morgan fingerprint density at radius 2 is 2.18 bits per heavy atom. The largest absolute Gasteiger partial charge is 0.433 e. The number of thioether (sulfide) groups is 1. The number of aryl methyl sites for hydroxylation is 1. The van der Waals surface area contributed by atoms with Crippen LogP contribution in [0.2, 0.25) is 0 Å². The summed E-state index contributed by atoms with van der Waals surface area (Å²) in [5, 5.41) is 10.1. The van der Waals surface area contributed by atoms with Crippen molar-refractivity contribution in [3.63, 3.8) is 0 Å². The fraction of sp³-hybridized carbons (Fsp3) is 0.615. The molecule has 9 heteroatoms. The lowest BCUT2D eigenvalue weighted by Gasteiger charge is -2.48. The molecule has 0 aliphatic carbocycles. The molecule has 0 saturated carbocycles. The lowest BCUT2D eigenvalue weighted by Crippen LogP contribution is -2.67. The second-order valence-electron chi connectivity index (χ2n) is 5.36. The number of ether oxygens (including phenoxy) is 2. The molecule has 0 bridgehead atoms. The van der Waals surface area contributed by atoms with E-state index in [1.807, 2.05) is 0 Å². The molecule has 3 N–H and O–H groups in total. The van der Waals surface area contributed by atoms with E-state index >= 15 is 0 Å². The van der Waals surface area contributed by atoms with Crippen molar-refractivity contribution in [3.8, 4) is 0 Å². The van der Waals surface area contributed by atoms with Crippen LogP contribution in [0, 0.1) is 6.92 Å². The van der Waals surface area contributed by atoms with Gasteiger partial charge in [-0.25, -0.2) is 0 Å². The van der Waals surface area contributed by atoms with E-state index < -0.39 is 29.5 Å². The lowest BCUT2D eigenvalue weighted by molar-refractivity contribution is -0.251. The van der Waals surface area contributed by atoms with E-state index in [4.69, 9.17) is 15.2 Å². The van der Waals surface area contributed by atoms with Crippen LogP contribution in [0.15, 0.2) is 17.2 Å². The molecular weight excluding hydrogens is 321 g/mol. The topological polar surface area (TPSA) is 77.6 Å². The van der Waals surface area contributed by atoms with Gasteiger partial charge in [-0.05, 0) is 18.6 Å². The summed E-state index contributed by atoms with van der Waals surface area (Å²) in [6.07, 6.45) is -4.81. The predicted octanol–water partition coefficient (Wildman–Crippen LogP) is 1.31. The maximum atomic E-state index is 12.7. The average molecular weight is 336 g/mol. The number of rotatable bonds is 2. The molecule has 3 rings (SSSR count). The van der Waals surface area contributed by atoms with Gasteiger partial charge in [-0.3, -0.25) is 4.98 Å². The first-order valence-electron chi connectivity index (χ1n) is 6.68. The van der Waals surface area contributed by atoms with Crippen molar-refractivity contribution < 1.29 is 27.8 Å². The number of halogens is 3. The van der Waals surface area contributed by atoms with Gasteiger partial charge in [-0.2, -0.15) is 13.2 Å². The summed E-state index contributed by atoms with van der Waals surface area (Å²) in [5.41, 5.74) is 4.35. The fourth-order valence-electron chi connectivity index (χ4n) is 2.53. The number of fused-ring (bicyclic) bond motifs is 1. The van der Waals surface area contributed by atoms with Crippen LogP contribution < -0.4 is 5.73 Å². The third kappa shape index (κ3) is 2.83. The van der Waals surface area contributed by atoms with Crippen LogP contribution in [0.3, 0.4) is 0 Å². The van der Waals surface area contributed by atoms with Gasteiger partial charge in [0, 0.05) is 11.1 Å². The Morgan fingerprint density at radius 1 is 1.45 bits per heavy atom. The summed E-state index contributed by atoms with van der Waals surface area (Å²) < 4.78 is 49.0. The number of hydrogen-bond acceptors (Lipinski definition) is 6. The Labute approximate surface area is 129 Å². The van der Waals surface area contributed by atoms with Gasteiger partial charge in [-0.1, -0.05) is 11.8 Å². The minimum absolute atomic E-state index is 0.0250. The number of nitrogens with two attached hydrogens (primary N) is 1. The molecule has 2 saturated heterocycles. The Hall–Kier alpha value is -0.870. The molecular formula is C13H15F3N2O3S. The molecule has 5 atom stereocenters. The first kappa shape index (κ1) is 16.0. The third-order valence-corrected chi connectivity index (χ3v) is 4.87. The van der Waals surface area contributed by atoms with E-state index in [0.29, 0.717) is 11.5 Å². The first-order chi connectivity index (χ1) is 10.3. The summed E-state index contributed by atoms with van der Waals surface area (Å²) in [5.74, 6) is 0. The quantitative estimate of drug-likeness (QED) is 0.848.